The average Bonchev–Trinajstić information content (AvgIpc) is 2.45. The summed E-state index contributed by atoms with van der Waals surface area (Å²) in [5.74, 6) is 0.786. The molecule has 0 unspecified atom stereocenters. The van der Waals surface area contributed by atoms with Gasteiger partial charge in [-0.05, 0) is 55.2 Å². The Balaban J connectivity index is 1.94. The van der Waals surface area contributed by atoms with Crippen molar-refractivity contribution in [3.8, 4) is 5.75 Å². The lowest BCUT2D eigenvalue weighted by molar-refractivity contribution is 0.340. The zero-order valence-corrected chi connectivity index (χ0v) is 12.9. The van der Waals surface area contributed by atoms with Crippen LogP contribution in [0.1, 0.15) is 29.2 Å². The van der Waals surface area contributed by atoms with Gasteiger partial charge >= 0.3 is 0 Å². The molecule has 0 aliphatic rings. The predicted molar refractivity (Wildman–Crippen MR) is 84.0 cm³/mol. The Morgan fingerprint density at radius 2 is 1.67 bits per heavy atom. The van der Waals surface area contributed by atoms with Crippen LogP contribution in [0.3, 0.4) is 0 Å². The van der Waals surface area contributed by atoms with Crippen LogP contribution in [0.25, 0.3) is 0 Å². The van der Waals surface area contributed by atoms with Crippen LogP contribution >= 0.6 is 0 Å². The molecule has 0 aromatic heterocycles. The van der Waals surface area contributed by atoms with Crippen molar-refractivity contribution in [1.29, 1.82) is 0 Å². The fourth-order valence-electron chi connectivity index (χ4n) is 2.40. The first kappa shape index (κ1) is 15.5. The van der Waals surface area contributed by atoms with Crippen LogP contribution in [0, 0.1) is 19.7 Å². The molecule has 0 bridgehead atoms. The van der Waals surface area contributed by atoms with Gasteiger partial charge in [0.25, 0.3) is 0 Å². The largest absolute Gasteiger partial charge is 0.494 e. The first-order chi connectivity index (χ1) is 10.1. The maximum Gasteiger partial charge on any atom is 0.129 e. The third kappa shape index (κ3) is 4.30. The van der Waals surface area contributed by atoms with Crippen molar-refractivity contribution >= 4 is 0 Å². The van der Waals surface area contributed by atoms with Gasteiger partial charge < -0.3 is 10.1 Å². The lowest BCUT2D eigenvalue weighted by Gasteiger charge is -2.10. The van der Waals surface area contributed by atoms with Crippen LogP contribution in [0.4, 0.5) is 4.39 Å². The van der Waals surface area contributed by atoms with E-state index < -0.39 is 0 Å². The van der Waals surface area contributed by atoms with E-state index in [1.54, 1.807) is 13.8 Å². The summed E-state index contributed by atoms with van der Waals surface area (Å²) in [6, 6.07) is 11.8. The third-order valence-electron chi connectivity index (χ3n) is 3.36. The normalized spacial score (nSPS) is 10.7. The molecule has 3 heteroatoms. The summed E-state index contributed by atoms with van der Waals surface area (Å²) < 4.78 is 19.1. The molecule has 0 heterocycles. The molecule has 0 aliphatic carbocycles. The lowest BCUT2D eigenvalue weighted by atomic mass is 10.1. The second-order valence-electron chi connectivity index (χ2n) is 5.23. The molecule has 112 valence electrons. The van der Waals surface area contributed by atoms with Gasteiger partial charge in [-0.3, -0.25) is 0 Å². The molecule has 0 saturated heterocycles. The van der Waals surface area contributed by atoms with Gasteiger partial charge in [0.05, 0.1) is 6.61 Å². The van der Waals surface area contributed by atoms with E-state index in [0.29, 0.717) is 17.7 Å². The van der Waals surface area contributed by atoms with Gasteiger partial charge in [-0.1, -0.05) is 24.3 Å². The number of hydrogen-bond donors (Lipinski definition) is 1. The number of halogens is 1. The van der Waals surface area contributed by atoms with Crippen molar-refractivity contribution in [3.05, 3.63) is 64.5 Å². The van der Waals surface area contributed by atoms with Crippen LogP contribution in [-0.4, -0.2) is 6.61 Å². The van der Waals surface area contributed by atoms with Crippen LogP contribution in [0.2, 0.25) is 0 Å². The molecule has 21 heavy (non-hydrogen) atoms. The number of hydrogen-bond acceptors (Lipinski definition) is 2. The van der Waals surface area contributed by atoms with E-state index in [4.69, 9.17) is 4.74 Å². The van der Waals surface area contributed by atoms with Gasteiger partial charge in [0.1, 0.15) is 11.6 Å². The number of aryl methyl sites for hydroxylation is 2. The highest BCUT2D eigenvalue weighted by Crippen LogP contribution is 2.15. The van der Waals surface area contributed by atoms with Gasteiger partial charge in [-0.2, -0.15) is 0 Å². The highest BCUT2D eigenvalue weighted by Gasteiger charge is 2.04. The lowest BCUT2D eigenvalue weighted by Crippen LogP contribution is -2.13. The molecule has 2 aromatic rings. The second-order valence-corrected chi connectivity index (χ2v) is 5.23. The molecule has 2 rings (SSSR count). The van der Waals surface area contributed by atoms with Crippen LogP contribution < -0.4 is 10.1 Å². The first-order valence-electron chi connectivity index (χ1n) is 7.28. The molecular weight excluding hydrogens is 265 g/mol. The minimum absolute atomic E-state index is 0.108. The summed E-state index contributed by atoms with van der Waals surface area (Å²) in [4.78, 5) is 0. The van der Waals surface area contributed by atoms with Crippen LogP contribution in [0.15, 0.2) is 36.4 Å². The number of benzene rings is 2. The molecule has 0 fully saturated rings. The molecule has 0 amide bonds. The second kappa shape index (κ2) is 7.23. The molecular formula is C18H22FNO. The zero-order chi connectivity index (χ0) is 15.2. The summed E-state index contributed by atoms with van der Waals surface area (Å²) in [6.07, 6.45) is 0. The van der Waals surface area contributed by atoms with E-state index in [1.165, 1.54) is 5.56 Å². The predicted octanol–water partition coefficient (Wildman–Crippen LogP) is 4.13. The molecule has 0 atom stereocenters. The quantitative estimate of drug-likeness (QED) is 0.862. The molecule has 2 nitrogen and oxygen atoms in total. The molecule has 0 spiro atoms. The number of rotatable bonds is 6. The smallest absolute Gasteiger partial charge is 0.129 e. The Labute approximate surface area is 126 Å². The summed E-state index contributed by atoms with van der Waals surface area (Å²) in [5, 5.41) is 3.38. The number of ether oxygens (including phenoxy) is 1. The minimum atomic E-state index is -0.108. The van der Waals surface area contributed by atoms with E-state index in [9.17, 15) is 4.39 Å². The monoisotopic (exact) mass is 287 g/mol. The summed E-state index contributed by atoms with van der Waals surface area (Å²) in [7, 11) is 0. The summed E-state index contributed by atoms with van der Waals surface area (Å²) >= 11 is 0. The highest BCUT2D eigenvalue weighted by molar-refractivity contribution is 5.31. The Hall–Kier alpha value is -1.87. The van der Waals surface area contributed by atoms with E-state index in [-0.39, 0.29) is 5.82 Å². The molecule has 0 saturated carbocycles. The molecule has 1 N–H and O–H groups in total. The van der Waals surface area contributed by atoms with Crippen molar-refractivity contribution in [2.75, 3.05) is 6.61 Å². The van der Waals surface area contributed by atoms with E-state index in [2.05, 4.69) is 11.4 Å². The van der Waals surface area contributed by atoms with Crippen LogP contribution in [0.5, 0.6) is 5.75 Å². The van der Waals surface area contributed by atoms with E-state index >= 15 is 0 Å². The fourth-order valence-corrected chi connectivity index (χ4v) is 2.40. The van der Waals surface area contributed by atoms with Gasteiger partial charge in [-0.15, -0.1) is 0 Å². The zero-order valence-electron chi connectivity index (χ0n) is 12.9. The summed E-state index contributed by atoms with van der Waals surface area (Å²) in [6.45, 7) is 7.74. The van der Waals surface area contributed by atoms with Crippen molar-refractivity contribution in [2.24, 2.45) is 0 Å². The SMILES string of the molecule is CCOc1cccc(CNCc2cc(C)c(F)c(C)c2)c1. The Morgan fingerprint density at radius 1 is 1.00 bits per heavy atom. The van der Waals surface area contributed by atoms with Crippen molar-refractivity contribution in [2.45, 2.75) is 33.9 Å². The van der Waals surface area contributed by atoms with Crippen molar-refractivity contribution in [3.63, 3.8) is 0 Å². The minimum Gasteiger partial charge on any atom is -0.494 e. The molecule has 0 radical (unpaired) electrons. The Kier molecular flexibility index (Phi) is 5.34. The Bertz CT molecular complexity index is 587. The fraction of sp³-hybridized carbons (Fsp3) is 0.333. The van der Waals surface area contributed by atoms with Gasteiger partial charge in [0, 0.05) is 13.1 Å². The summed E-state index contributed by atoms with van der Waals surface area (Å²) in [5.41, 5.74) is 3.68. The van der Waals surface area contributed by atoms with E-state index in [0.717, 1.165) is 24.4 Å². The van der Waals surface area contributed by atoms with Gasteiger partial charge in [-0.25, -0.2) is 4.39 Å². The van der Waals surface area contributed by atoms with Crippen molar-refractivity contribution < 1.29 is 9.13 Å². The average molecular weight is 287 g/mol. The third-order valence-corrected chi connectivity index (χ3v) is 3.36. The molecule has 2 aromatic carbocycles. The Morgan fingerprint density at radius 3 is 2.33 bits per heavy atom. The maximum absolute atomic E-state index is 13.6. The highest BCUT2D eigenvalue weighted by atomic mass is 19.1. The van der Waals surface area contributed by atoms with Gasteiger partial charge in [0.2, 0.25) is 0 Å². The van der Waals surface area contributed by atoms with Crippen LogP contribution in [-0.2, 0) is 13.1 Å². The maximum atomic E-state index is 13.6. The molecule has 0 aliphatic heterocycles. The first-order valence-corrected chi connectivity index (χ1v) is 7.28. The number of nitrogens with one attached hydrogen (secondary N) is 1. The topological polar surface area (TPSA) is 21.3 Å². The van der Waals surface area contributed by atoms with E-state index in [1.807, 2.05) is 37.3 Å². The standard InChI is InChI=1S/C18H22FNO/c1-4-21-17-7-5-6-15(10-17)11-20-12-16-8-13(2)18(19)14(3)9-16/h5-10,20H,4,11-12H2,1-3H3. The van der Waals surface area contributed by atoms with Gasteiger partial charge in [0.15, 0.2) is 0 Å². The van der Waals surface area contributed by atoms with Crippen molar-refractivity contribution in [1.82, 2.24) is 5.32 Å².